The summed E-state index contributed by atoms with van der Waals surface area (Å²) in [6.45, 7) is 4.73. The molecule has 3 heterocycles. The van der Waals surface area contributed by atoms with Crippen molar-refractivity contribution in [3.8, 4) is 16.8 Å². The Labute approximate surface area is 283 Å². The molecule has 7 aromatic carbocycles. The Bertz CT molecular complexity index is 2710. The highest BCUT2D eigenvalue weighted by Crippen LogP contribution is 2.52. The Hall–Kier alpha value is -5.64. The molecule has 0 unspecified atom stereocenters. The quantitative estimate of drug-likeness (QED) is 0.188. The fourth-order valence-corrected chi connectivity index (χ4v) is 9.27. The van der Waals surface area contributed by atoms with Crippen LogP contribution in [0.4, 0.5) is 17.1 Å². The van der Waals surface area contributed by atoms with Gasteiger partial charge in [0.05, 0.1) is 32.8 Å². The molecular weight excluding hydrogens is 601 g/mol. The lowest BCUT2D eigenvalue weighted by Crippen LogP contribution is -2.30. The molecule has 0 atom stereocenters. The summed E-state index contributed by atoms with van der Waals surface area (Å²) >= 11 is 1.89. The zero-order chi connectivity index (χ0) is 32.0. The number of fused-ring (bicyclic) bond motifs is 8. The summed E-state index contributed by atoms with van der Waals surface area (Å²) < 4.78 is 5.12. The smallest absolute Gasteiger partial charge is 0.0640 e. The standard InChI is InChI=1S/C45H32N2S/c1-45(2)36-18-8-10-20-40(36)46(31-13-4-3-5-14-31)41-26-24-30(28-37(41)45)29-23-25-39-35(27-29)32-15-6-9-19-38(32)47(39)42-21-12-17-34-33-16-7-11-22-43(33)48-44(34)42/h3-28H,1-2H3. The summed E-state index contributed by atoms with van der Waals surface area (Å²) in [5.41, 5.74) is 12.3. The number of aromatic nitrogens is 1. The van der Waals surface area contributed by atoms with E-state index in [1.807, 2.05) is 11.3 Å². The number of anilines is 3. The molecule has 1 aliphatic heterocycles. The Morgan fingerprint density at radius 3 is 2.00 bits per heavy atom. The maximum absolute atomic E-state index is 2.47. The molecule has 9 aromatic rings. The fourth-order valence-electron chi connectivity index (χ4n) is 8.06. The summed E-state index contributed by atoms with van der Waals surface area (Å²) in [6, 6.07) is 58.1. The number of benzene rings is 7. The Balaban J connectivity index is 1.17. The van der Waals surface area contributed by atoms with Crippen LogP contribution in [-0.4, -0.2) is 4.57 Å². The van der Waals surface area contributed by atoms with Gasteiger partial charge < -0.3 is 9.47 Å². The lowest BCUT2D eigenvalue weighted by molar-refractivity contribution is 0.632. The van der Waals surface area contributed by atoms with Gasteiger partial charge in [0.1, 0.15) is 0 Å². The summed E-state index contributed by atoms with van der Waals surface area (Å²) in [6.07, 6.45) is 0. The summed E-state index contributed by atoms with van der Waals surface area (Å²) in [5.74, 6) is 0. The number of para-hydroxylation sites is 3. The SMILES string of the molecule is CC1(C)c2ccccc2N(c2ccccc2)c2ccc(-c3ccc4c(c3)c3ccccc3n4-c3cccc4c3sc3ccccc34)cc21. The second-order valence-electron chi connectivity index (χ2n) is 13.4. The van der Waals surface area contributed by atoms with Gasteiger partial charge in [-0.2, -0.15) is 0 Å². The van der Waals surface area contributed by atoms with Crippen LogP contribution in [0.1, 0.15) is 25.0 Å². The molecule has 0 spiro atoms. The molecule has 0 aliphatic carbocycles. The van der Waals surface area contributed by atoms with Gasteiger partial charge in [-0.15, -0.1) is 11.3 Å². The molecule has 3 heteroatoms. The summed E-state index contributed by atoms with van der Waals surface area (Å²) in [7, 11) is 0. The molecule has 48 heavy (non-hydrogen) atoms. The number of hydrogen-bond acceptors (Lipinski definition) is 2. The molecule has 0 fully saturated rings. The van der Waals surface area contributed by atoms with Crippen molar-refractivity contribution in [2.45, 2.75) is 19.3 Å². The van der Waals surface area contributed by atoms with Gasteiger partial charge in [-0.05, 0) is 82.9 Å². The Morgan fingerprint density at radius 2 is 1.10 bits per heavy atom. The van der Waals surface area contributed by atoms with Gasteiger partial charge in [0.25, 0.3) is 0 Å². The zero-order valence-electron chi connectivity index (χ0n) is 26.8. The van der Waals surface area contributed by atoms with Crippen LogP contribution in [0.2, 0.25) is 0 Å². The van der Waals surface area contributed by atoms with E-state index in [1.165, 1.54) is 87.0 Å². The van der Waals surface area contributed by atoms with Gasteiger partial charge in [-0.3, -0.25) is 0 Å². The van der Waals surface area contributed by atoms with E-state index in [2.05, 4.69) is 181 Å². The maximum Gasteiger partial charge on any atom is 0.0640 e. The normalized spacial score (nSPS) is 13.8. The van der Waals surface area contributed by atoms with Crippen molar-refractivity contribution in [2.75, 3.05) is 4.90 Å². The topological polar surface area (TPSA) is 8.17 Å². The van der Waals surface area contributed by atoms with Crippen LogP contribution in [-0.2, 0) is 5.41 Å². The molecule has 0 amide bonds. The summed E-state index contributed by atoms with van der Waals surface area (Å²) in [4.78, 5) is 2.42. The van der Waals surface area contributed by atoms with E-state index >= 15 is 0 Å². The first-order chi connectivity index (χ1) is 23.6. The van der Waals surface area contributed by atoms with Gasteiger partial charge >= 0.3 is 0 Å². The monoisotopic (exact) mass is 632 g/mol. The molecule has 0 bridgehead atoms. The maximum atomic E-state index is 2.47. The lowest BCUT2D eigenvalue weighted by Gasteiger charge is -2.42. The van der Waals surface area contributed by atoms with Gasteiger partial charge in [0.2, 0.25) is 0 Å². The molecule has 0 N–H and O–H groups in total. The predicted molar refractivity (Wildman–Crippen MR) is 206 cm³/mol. The Kier molecular flexibility index (Phi) is 5.82. The van der Waals surface area contributed by atoms with Crippen molar-refractivity contribution >= 4 is 70.4 Å². The second kappa shape index (κ2) is 10.2. The molecule has 228 valence electrons. The van der Waals surface area contributed by atoms with Crippen LogP contribution >= 0.6 is 11.3 Å². The van der Waals surface area contributed by atoms with E-state index in [0.29, 0.717) is 0 Å². The largest absolute Gasteiger partial charge is 0.310 e. The van der Waals surface area contributed by atoms with Crippen LogP contribution < -0.4 is 4.90 Å². The van der Waals surface area contributed by atoms with Crippen LogP contribution in [0.25, 0.3) is 58.8 Å². The molecule has 2 nitrogen and oxygen atoms in total. The predicted octanol–water partition coefficient (Wildman–Crippen LogP) is 12.9. The number of nitrogens with zero attached hydrogens (tertiary/aromatic N) is 2. The highest BCUT2D eigenvalue weighted by Gasteiger charge is 2.37. The van der Waals surface area contributed by atoms with Crippen LogP contribution in [0.3, 0.4) is 0 Å². The molecule has 0 radical (unpaired) electrons. The molecule has 2 aromatic heterocycles. The highest BCUT2D eigenvalue weighted by atomic mass is 32.1. The van der Waals surface area contributed by atoms with Crippen molar-refractivity contribution in [1.29, 1.82) is 0 Å². The number of thiophene rings is 1. The average molecular weight is 633 g/mol. The van der Waals surface area contributed by atoms with E-state index in [0.717, 1.165) is 0 Å². The molecular formula is C45H32N2S. The third-order valence-electron chi connectivity index (χ3n) is 10.4. The number of rotatable bonds is 3. The third-order valence-corrected chi connectivity index (χ3v) is 11.6. The zero-order valence-corrected chi connectivity index (χ0v) is 27.6. The van der Waals surface area contributed by atoms with Crippen molar-refractivity contribution in [1.82, 2.24) is 4.57 Å². The molecule has 0 saturated carbocycles. The van der Waals surface area contributed by atoms with Crippen LogP contribution in [0.5, 0.6) is 0 Å². The first-order valence-electron chi connectivity index (χ1n) is 16.6. The lowest BCUT2D eigenvalue weighted by atomic mass is 9.73. The highest BCUT2D eigenvalue weighted by molar-refractivity contribution is 7.26. The van der Waals surface area contributed by atoms with Crippen LogP contribution in [0, 0.1) is 0 Å². The van der Waals surface area contributed by atoms with E-state index in [9.17, 15) is 0 Å². The number of hydrogen-bond donors (Lipinski definition) is 0. The summed E-state index contributed by atoms with van der Waals surface area (Å²) in [5, 5.41) is 5.19. The fraction of sp³-hybridized carbons (Fsp3) is 0.0667. The molecule has 0 saturated heterocycles. The van der Waals surface area contributed by atoms with E-state index < -0.39 is 0 Å². The minimum Gasteiger partial charge on any atom is -0.310 e. The van der Waals surface area contributed by atoms with Crippen molar-refractivity contribution in [2.24, 2.45) is 0 Å². The van der Waals surface area contributed by atoms with Gasteiger partial charge in [-0.1, -0.05) is 111 Å². The van der Waals surface area contributed by atoms with E-state index in [1.54, 1.807) is 0 Å². The van der Waals surface area contributed by atoms with E-state index in [4.69, 9.17) is 0 Å². The minimum absolute atomic E-state index is 0.156. The average Bonchev–Trinajstić information content (AvgIpc) is 3.68. The van der Waals surface area contributed by atoms with Crippen molar-refractivity contribution < 1.29 is 0 Å². The first-order valence-corrected chi connectivity index (χ1v) is 17.4. The molecule has 10 rings (SSSR count). The van der Waals surface area contributed by atoms with Gasteiger partial charge in [0.15, 0.2) is 0 Å². The third kappa shape index (κ3) is 3.85. The molecule has 1 aliphatic rings. The Morgan fingerprint density at radius 1 is 0.458 bits per heavy atom. The van der Waals surface area contributed by atoms with Crippen molar-refractivity contribution in [3.05, 3.63) is 169 Å². The van der Waals surface area contributed by atoms with E-state index in [-0.39, 0.29) is 5.41 Å². The van der Waals surface area contributed by atoms with Gasteiger partial charge in [0, 0.05) is 37.3 Å². The van der Waals surface area contributed by atoms with Crippen molar-refractivity contribution in [3.63, 3.8) is 0 Å². The van der Waals surface area contributed by atoms with Crippen LogP contribution in [0.15, 0.2) is 158 Å². The first kappa shape index (κ1) is 27.5. The van der Waals surface area contributed by atoms with Gasteiger partial charge in [-0.25, -0.2) is 0 Å². The second-order valence-corrected chi connectivity index (χ2v) is 14.4. The minimum atomic E-state index is -0.156.